The van der Waals surface area contributed by atoms with Crippen LogP contribution in [0.4, 0.5) is 0 Å². The van der Waals surface area contributed by atoms with Gasteiger partial charge < -0.3 is 4.57 Å². The van der Waals surface area contributed by atoms with Gasteiger partial charge in [0.2, 0.25) is 0 Å². The molecule has 0 amide bonds. The van der Waals surface area contributed by atoms with E-state index in [1.54, 1.807) is 0 Å². The zero-order valence-electron chi connectivity index (χ0n) is 25.1. The van der Waals surface area contributed by atoms with E-state index in [1.165, 1.54) is 83.3 Å². The van der Waals surface area contributed by atoms with Crippen molar-refractivity contribution in [2.75, 3.05) is 0 Å². The Labute approximate surface area is 257 Å². The first-order valence-corrected chi connectivity index (χ1v) is 16.0. The molecule has 0 saturated heterocycles. The van der Waals surface area contributed by atoms with Crippen LogP contribution in [0.15, 0.2) is 139 Å². The fraction of sp³-hybridized carbons (Fsp3) is 0.163. The number of benzene rings is 5. The Hall–Kier alpha value is -4.88. The molecule has 0 bridgehead atoms. The third-order valence-corrected chi connectivity index (χ3v) is 11.1. The first-order valence-electron chi connectivity index (χ1n) is 16.0. The molecular formula is C43H33N. The molecule has 210 valence electrons. The van der Waals surface area contributed by atoms with Crippen molar-refractivity contribution < 1.29 is 0 Å². The van der Waals surface area contributed by atoms with Crippen LogP contribution in [-0.2, 0) is 5.41 Å². The van der Waals surface area contributed by atoms with Crippen LogP contribution in [0.25, 0.3) is 60.2 Å². The van der Waals surface area contributed by atoms with Gasteiger partial charge in [-0.15, -0.1) is 0 Å². The first kappa shape index (κ1) is 24.6. The van der Waals surface area contributed by atoms with Crippen molar-refractivity contribution in [3.05, 3.63) is 150 Å². The fourth-order valence-corrected chi connectivity index (χ4v) is 8.87. The molecule has 0 N–H and O–H groups in total. The van der Waals surface area contributed by atoms with Crippen molar-refractivity contribution in [3.8, 4) is 11.1 Å². The summed E-state index contributed by atoms with van der Waals surface area (Å²) in [6.07, 6.45) is 21.1. The van der Waals surface area contributed by atoms with Gasteiger partial charge in [0.15, 0.2) is 0 Å². The third-order valence-electron chi connectivity index (χ3n) is 11.1. The summed E-state index contributed by atoms with van der Waals surface area (Å²) in [5, 5.41) is 8.04. The summed E-state index contributed by atoms with van der Waals surface area (Å²) in [4.78, 5) is 0. The molecule has 1 heterocycles. The molecule has 1 fully saturated rings. The topological polar surface area (TPSA) is 4.93 Å². The molecule has 4 aliphatic carbocycles. The number of nitrogens with zero attached hydrogens (tertiary/aromatic N) is 1. The van der Waals surface area contributed by atoms with Gasteiger partial charge in [0.25, 0.3) is 0 Å². The van der Waals surface area contributed by atoms with Gasteiger partial charge in [0.1, 0.15) is 0 Å². The lowest BCUT2D eigenvalue weighted by Crippen LogP contribution is -2.23. The Morgan fingerprint density at radius 2 is 1.59 bits per heavy atom. The molecule has 1 nitrogen and oxygen atoms in total. The molecule has 10 rings (SSSR count). The molecule has 1 heteroatoms. The van der Waals surface area contributed by atoms with Gasteiger partial charge in [0, 0.05) is 32.9 Å². The second kappa shape index (κ2) is 8.39. The van der Waals surface area contributed by atoms with Crippen molar-refractivity contribution in [2.45, 2.75) is 32.1 Å². The van der Waals surface area contributed by atoms with Crippen LogP contribution in [-0.4, -0.2) is 4.57 Å². The summed E-state index contributed by atoms with van der Waals surface area (Å²) in [6, 6.07) is 32.1. The number of hydrogen-bond donors (Lipinski definition) is 0. The van der Waals surface area contributed by atoms with Gasteiger partial charge >= 0.3 is 0 Å². The van der Waals surface area contributed by atoms with E-state index >= 15 is 0 Å². The quantitative estimate of drug-likeness (QED) is 0.197. The van der Waals surface area contributed by atoms with E-state index in [1.807, 2.05) is 0 Å². The Morgan fingerprint density at radius 3 is 2.52 bits per heavy atom. The number of fused-ring (bicyclic) bond motifs is 9. The summed E-state index contributed by atoms with van der Waals surface area (Å²) >= 11 is 0. The molecule has 0 spiro atoms. The van der Waals surface area contributed by atoms with Crippen LogP contribution in [0.3, 0.4) is 0 Å². The second-order valence-electron chi connectivity index (χ2n) is 13.7. The van der Waals surface area contributed by atoms with Gasteiger partial charge in [-0.25, -0.2) is 0 Å². The lowest BCUT2D eigenvalue weighted by molar-refractivity contribution is 0.645. The zero-order chi connectivity index (χ0) is 29.2. The van der Waals surface area contributed by atoms with E-state index in [-0.39, 0.29) is 10.8 Å². The molecule has 5 aromatic carbocycles. The molecule has 2 unspecified atom stereocenters. The molecule has 1 aromatic heterocycles. The first-order chi connectivity index (χ1) is 21.6. The Morgan fingerprint density at radius 1 is 0.750 bits per heavy atom. The van der Waals surface area contributed by atoms with E-state index in [0.717, 1.165) is 6.42 Å². The summed E-state index contributed by atoms with van der Waals surface area (Å²) in [5.74, 6) is 0.614. The molecule has 44 heavy (non-hydrogen) atoms. The molecule has 1 saturated carbocycles. The second-order valence-corrected chi connectivity index (χ2v) is 13.7. The summed E-state index contributed by atoms with van der Waals surface area (Å²) in [6.45, 7) is 4.78. The highest BCUT2D eigenvalue weighted by molar-refractivity contribution is 6.30. The van der Waals surface area contributed by atoms with Crippen molar-refractivity contribution in [1.82, 2.24) is 4.57 Å². The Kier molecular flexibility index (Phi) is 4.68. The van der Waals surface area contributed by atoms with Crippen LogP contribution in [0.1, 0.15) is 37.8 Å². The van der Waals surface area contributed by atoms with Gasteiger partial charge in [-0.3, -0.25) is 0 Å². The van der Waals surface area contributed by atoms with Crippen molar-refractivity contribution in [2.24, 2.45) is 11.3 Å². The highest BCUT2D eigenvalue weighted by Gasteiger charge is 2.53. The zero-order valence-corrected chi connectivity index (χ0v) is 25.1. The highest BCUT2D eigenvalue weighted by atomic mass is 15.0. The molecule has 0 radical (unpaired) electrons. The third kappa shape index (κ3) is 3.04. The van der Waals surface area contributed by atoms with Crippen LogP contribution in [0.5, 0.6) is 0 Å². The monoisotopic (exact) mass is 563 g/mol. The van der Waals surface area contributed by atoms with Crippen molar-refractivity contribution in [3.63, 3.8) is 0 Å². The van der Waals surface area contributed by atoms with Crippen LogP contribution < -0.4 is 0 Å². The molecular weight excluding hydrogens is 530 g/mol. The lowest BCUT2D eigenvalue weighted by Gasteiger charge is -2.35. The summed E-state index contributed by atoms with van der Waals surface area (Å²) < 4.78 is 2.56. The van der Waals surface area contributed by atoms with Gasteiger partial charge in [-0.05, 0) is 86.9 Å². The van der Waals surface area contributed by atoms with Crippen LogP contribution >= 0.6 is 0 Å². The Bertz CT molecular complexity index is 2420. The van der Waals surface area contributed by atoms with E-state index in [4.69, 9.17) is 0 Å². The average molecular weight is 564 g/mol. The molecule has 2 atom stereocenters. The van der Waals surface area contributed by atoms with Crippen LogP contribution in [0, 0.1) is 11.3 Å². The van der Waals surface area contributed by atoms with Crippen molar-refractivity contribution >= 4 is 49.0 Å². The summed E-state index contributed by atoms with van der Waals surface area (Å²) in [7, 11) is 0. The van der Waals surface area contributed by atoms with Gasteiger partial charge in [-0.2, -0.15) is 0 Å². The van der Waals surface area contributed by atoms with E-state index < -0.39 is 0 Å². The maximum Gasteiger partial charge on any atom is 0.0553 e. The minimum Gasteiger partial charge on any atom is -0.309 e. The maximum atomic E-state index is 2.56. The average Bonchev–Trinajstić information content (AvgIpc) is 3.78. The minimum atomic E-state index is -0.0778. The normalized spacial score (nSPS) is 22.6. The number of rotatable bonds is 2. The number of allylic oxidation sites excluding steroid dienone is 10. The summed E-state index contributed by atoms with van der Waals surface area (Å²) in [5.41, 5.74) is 10.9. The van der Waals surface area contributed by atoms with E-state index in [9.17, 15) is 0 Å². The van der Waals surface area contributed by atoms with Crippen LogP contribution in [0.2, 0.25) is 0 Å². The Balaban J connectivity index is 1.39. The fourth-order valence-electron chi connectivity index (χ4n) is 8.87. The lowest BCUT2D eigenvalue weighted by atomic mass is 9.68. The van der Waals surface area contributed by atoms with E-state index in [2.05, 4.69) is 152 Å². The van der Waals surface area contributed by atoms with E-state index in [0.29, 0.717) is 5.92 Å². The number of hydrogen-bond acceptors (Lipinski definition) is 0. The maximum absolute atomic E-state index is 2.56. The molecule has 6 aromatic rings. The molecule has 4 aliphatic rings. The van der Waals surface area contributed by atoms with Gasteiger partial charge in [0.05, 0.1) is 11.0 Å². The highest BCUT2D eigenvalue weighted by Crippen LogP contribution is 2.62. The number of aromatic nitrogens is 1. The van der Waals surface area contributed by atoms with Crippen molar-refractivity contribution in [1.29, 1.82) is 0 Å². The molecule has 0 aliphatic heterocycles. The largest absolute Gasteiger partial charge is 0.309 e. The predicted octanol–water partition coefficient (Wildman–Crippen LogP) is 11.3. The SMILES string of the molecule is CC1(C)c2ccccc2-c2c3c1cccc3cc1c2c2c3ccccc3ccc2n1C1=CC(C23C=CC=CC2C3)=CCC=C1. The smallest absolute Gasteiger partial charge is 0.0553 e. The predicted molar refractivity (Wildman–Crippen MR) is 187 cm³/mol. The van der Waals surface area contributed by atoms with Gasteiger partial charge in [-0.1, -0.05) is 123 Å². The minimum absolute atomic E-state index is 0.0778. The standard InChI is InChI=1S/C43H33N/c1-42(2)34-19-8-7-18-33(34)40-38-28(13-11-20-35(38)42)24-37-41(40)39-32-17-6-3-12-27(32)21-22-36(39)44(37)31-16-5-4-14-29(25-31)43-23-10-9-15-30(43)26-43/h3,5-25,30H,4,26H2,1-2H3.